The number of rotatable bonds is 14. The molecule has 0 spiro atoms. The number of aliphatic hydroxyl groups excluding tert-OH is 1. The third kappa shape index (κ3) is 8.33. The topological polar surface area (TPSA) is 154 Å². The average molecular weight is 607 g/mol. The van der Waals surface area contributed by atoms with E-state index < -0.39 is 36.0 Å². The summed E-state index contributed by atoms with van der Waals surface area (Å²) < 4.78 is 5.25. The van der Waals surface area contributed by atoms with Gasteiger partial charge in [-0.25, -0.2) is 4.98 Å². The van der Waals surface area contributed by atoms with Crippen LogP contribution in [0.4, 0.5) is 0 Å². The summed E-state index contributed by atoms with van der Waals surface area (Å²) in [5.41, 5.74) is 10.5. The van der Waals surface area contributed by atoms with Crippen LogP contribution in [0, 0.1) is 0 Å². The van der Waals surface area contributed by atoms with E-state index >= 15 is 0 Å². The predicted molar refractivity (Wildman–Crippen MR) is 173 cm³/mol. The van der Waals surface area contributed by atoms with Gasteiger partial charge in [-0.1, -0.05) is 84.9 Å². The van der Waals surface area contributed by atoms with Gasteiger partial charge in [-0.05, 0) is 47.4 Å². The monoisotopic (exact) mass is 606 g/mol. The first-order chi connectivity index (χ1) is 21.9. The van der Waals surface area contributed by atoms with Gasteiger partial charge in [0, 0.05) is 12.6 Å². The fourth-order valence-electron chi connectivity index (χ4n) is 5.13. The Morgan fingerprint density at radius 1 is 0.844 bits per heavy atom. The van der Waals surface area contributed by atoms with Crippen LogP contribution in [-0.2, 0) is 29.1 Å². The molecule has 0 aliphatic rings. The van der Waals surface area contributed by atoms with E-state index in [1.54, 1.807) is 31.4 Å². The van der Waals surface area contributed by atoms with E-state index in [1.807, 2.05) is 84.9 Å². The van der Waals surface area contributed by atoms with E-state index in [9.17, 15) is 14.7 Å². The molecule has 5 aromatic rings. The summed E-state index contributed by atoms with van der Waals surface area (Å²) >= 11 is 0. The molecule has 10 heteroatoms. The zero-order chi connectivity index (χ0) is 31.6. The standard InChI is InChI=1S/C35H38N6O4/c1-45-26-18-16-24(17-19-26)21-37-32(33(42)27(36)20-23-10-4-2-5-11-23)35(44)41-31(25-12-6-3-7-13-25)34(43)38-22-30-39-28-14-8-9-15-29(28)40-30/h2-19,27,31-33,37,42H,20-22,36H2,1H3,(H,38,43)(H,39,40)(H,41,44)/t27-,31-,32+,33+/m0/s1. The van der Waals surface area contributed by atoms with Crippen LogP contribution >= 0.6 is 0 Å². The number of benzene rings is 4. The van der Waals surface area contributed by atoms with Crippen LogP contribution < -0.4 is 26.4 Å². The number of hydrogen-bond donors (Lipinski definition) is 6. The Kier molecular flexibility index (Phi) is 10.5. The second-order valence-electron chi connectivity index (χ2n) is 10.8. The van der Waals surface area contributed by atoms with E-state index in [0.29, 0.717) is 23.6 Å². The number of carbonyl (C=O) groups excluding carboxylic acids is 2. The molecule has 1 aromatic heterocycles. The average Bonchev–Trinajstić information content (AvgIpc) is 3.50. The third-order valence-electron chi connectivity index (χ3n) is 7.61. The summed E-state index contributed by atoms with van der Waals surface area (Å²) in [6.45, 7) is 0.405. The lowest BCUT2D eigenvalue weighted by Crippen LogP contribution is -2.58. The maximum Gasteiger partial charge on any atom is 0.247 e. The molecule has 0 saturated carbocycles. The third-order valence-corrected chi connectivity index (χ3v) is 7.61. The molecule has 45 heavy (non-hydrogen) atoms. The van der Waals surface area contributed by atoms with Gasteiger partial charge in [0.1, 0.15) is 23.7 Å². The molecule has 0 saturated heterocycles. The minimum atomic E-state index is -1.27. The number of nitrogens with two attached hydrogens (primary N) is 1. The Balaban J connectivity index is 1.34. The molecule has 0 fully saturated rings. The number of amides is 2. The number of methoxy groups -OCH3 is 1. The van der Waals surface area contributed by atoms with Gasteiger partial charge < -0.3 is 31.2 Å². The summed E-state index contributed by atoms with van der Waals surface area (Å²) in [6, 6.07) is 30.6. The first-order valence-electron chi connectivity index (χ1n) is 14.8. The summed E-state index contributed by atoms with van der Waals surface area (Å²) in [5.74, 6) is 0.306. The highest BCUT2D eigenvalue weighted by Crippen LogP contribution is 2.17. The quantitative estimate of drug-likeness (QED) is 0.114. The zero-order valence-corrected chi connectivity index (χ0v) is 25.0. The Morgan fingerprint density at radius 3 is 2.20 bits per heavy atom. The second kappa shape index (κ2) is 15.1. The number of hydrogen-bond acceptors (Lipinski definition) is 7. The van der Waals surface area contributed by atoms with Crippen molar-refractivity contribution >= 4 is 22.8 Å². The summed E-state index contributed by atoms with van der Waals surface area (Å²) in [5, 5.41) is 20.4. The number of aromatic nitrogens is 2. The second-order valence-corrected chi connectivity index (χ2v) is 10.8. The molecule has 4 aromatic carbocycles. The molecule has 7 N–H and O–H groups in total. The van der Waals surface area contributed by atoms with Crippen molar-refractivity contribution in [3.63, 3.8) is 0 Å². The molecule has 0 bridgehead atoms. The van der Waals surface area contributed by atoms with Gasteiger partial charge in [-0.2, -0.15) is 0 Å². The Morgan fingerprint density at radius 2 is 1.51 bits per heavy atom. The summed E-state index contributed by atoms with van der Waals surface area (Å²) in [6.07, 6.45) is -0.908. The summed E-state index contributed by atoms with van der Waals surface area (Å²) in [4.78, 5) is 35.2. The van der Waals surface area contributed by atoms with Gasteiger partial charge in [-0.3, -0.25) is 14.9 Å². The number of ether oxygens (including phenoxy) is 1. The van der Waals surface area contributed by atoms with Crippen molar-refractivity contribution in [1.29, 1.82) is 0 Å². The predicted octanol–water partition coefficient (Wildman–Crippen LogP) is 3.13. The van der Waals surface area contributed by atoms with E-state index in [2.05, 4.69) is 25.9 Å². The number of aliphatic hydroxyl groups is 1. The minimum absolute atomic E-state index is 0.135. The maximum absolute atomic E-state index is 13.9. The van der Waals surface area contributed by atoms with Crippen LogP contribution in [-0.4, -0.2) is 52.2 Å². The van der Waals surface area contributed by atoms with E-state index in [1.165, 1.54) is 0 Å². The van der Waals surface area contributed by atoms with Crippen molar-refractivity contribution in [3.8, 4) is 5.75 Å². The fraction of sp³-hybridized carbons (Fsp3) is 0.229. The van der Waals surface area contributed by atoms with Gasteiger partial charge in [0.25, 0.3) is 0 Å². The Labute approximate surface area is 262 Å². The first kappa shape index (κ1) is 31.4. The van der Waals surface area contributed by atoms with Crippen LogP contribution in [0.25, 0.3) is 11.0 Å². The first-order valence-corrected chi connectivity index (χ1v) is 14.8. The molecule has 232 valence electrons. The SMILES string of the molecule is COc1ccc(CN[C@@H](C(=O)N[C@H](C(=O)NCc2nc3ccccc3[nH]2)c2ccccc2)[C@H](O)[C@@H](N)Cc2ccccc2)cc1. The lowest BCUT2D eigenvalue weighted by atomic mass is 9.95. The van der Waals surface area contributed by atoms with Crippen molar-refractivity contribution in [2.75, 3.05) is 7.11 Å². The van der Waals surface area contributed by atoms with Crippen LogP contribution in [0.5, 0.6) is 5.75 Å². The molecular formula is C35H38N6O4. The highest BCUT2D eigenvalue weighted by molar-refractivity contribution is 5.91. The Hall–Kier alpha value is -5.03. The number of H-pyrrole nitrogens is 1. The molecule has 2 amide bonds. The molecule has 0 unspecified atom stereocenters. The van der Waals surface area contributed by atoms with Crippen molar-refractivity contribution in [3.05, 3.63) is 132 Å². The molecule has 0 radical (unpaired) electrons. The van der Waals surface area contributed by atoms with Crippen molar-refractivity contribution in [2.45, 2.75) is 43.7 Å². The molecule has 1 heterocycles. The Bertz CT molecular complexity index is 1640. The molecule has 10 nitrogen and oxygen atoms in total. The van der Waals surface area contributed by atoms with Crippen LogP contribution in [0.3, 0.4) is 0 Å². The lowest BCUT2D eigenvalue weighted by Gasteiger charge is -2.29. The molecule has 4 atom stereocenters. The number of fused-ring (bicyclic) bond motifs is 1. The fourth-order valence-corrected chi connectivity index (χ4v) is 5.13. The number of nitrogens with zero attached hydrogens (tertiary/aromatic N) is 1. The molecule has 0 aliphatic carbocycles. The largest absolute Gasteiger partial charge is 0.497 e. The highest BCUT2D eigenvalue weighted by atomic mass is 16.5. The molecular weight excluding hydrogens is 568 g/mol. The number of imidazole rings is 1. The number of nitrogens with one attached hydrogen (secondary N) is 4. The van der Waals surface area contributed by atoms with Crippen molar-refractivity contribution < 1.29 is 19.4 Å². The highest BCUT2D eigenvalue weighted by Gasteiger charge is 2.34. The molecule has 0 aliphatic heterocycles. The maximum atomic E-state index is 13.9. The normalized spacial score (nSPS) is 13.8. The van der Waals surface area contributed by atoms with E-state index in [-0.39, 0.29) is 13.1 Å². The zero-order valence-electron chi connectivity index (χ0n) is 25.0. The van der Waals surface area contributed by atoms with Gasteiger partial charge >= 0.3 is 0 Å². The number of carbonyl (C=O) groups is 2. The van der Waals surface area contributed by atoms with Crippen molar-refractivity contribution in [2.24, 2.45) is 5.73 Å². The van der Waals surface area contributed by atoms with Crippen LogP contribution in [0.15, 0.2) is 109 Å². The van der Waals surface area contributed by atoms with E-state index in [4.69, 9.17) is 10.5 Å². The summed E-state index contributed by atoms with van der Waals surface area (Å²) in [7, 11) is 1.59. The number of aromatic amines is 1. The van der Waals surface area contributed by atoms with Gasteiger partial charge in [0.05, 0.1) is 30.8 Å². The molecule has 5 rings (SSSR count). The smallest absolute Gasteiger partial charge is 0.247 e. The number of para-hydroxylation sites is 2. The van der Waals surface area contributed by atoms with E-state index in [0.717, 1.165) is 22.2 Å². The van der Waals surface area contributed by atoms with Crippen LogP contribution in [0.1, 0.15) is 28.6 Å². The van der Waals surface area contributed by atoms with Crippen molar-refractivity contribution in [1.82, 2.24) is 25.9 Å². The van der Waals surface area contributed by atoms with Gasteiger partial charge in [0.15, 0.2) is 0 Å². The minimum Gasteiger partial charge on any atom is -0.497 e. The lowest BCUT2D eigenvalue weighted by molar-refractivity contribution is -0.132. The van der Waals surface area contributed by atoms with Gasteiger partial charge in [-0.15, -0.1) is 0 Å². The van der Waals surface area contributed by atoms with Gasteiger partial charge in [0.2, 0.25) is 11.8 Å². The van der Waals surface area contributed by atoms with Crippen LogP contribution in [0.2, 0.25) is 0 Å².